The second kappa shape index (κ2) is 8.41. The number of imide groups is 1. The highest BCUT2D eigenvalue weighted by Crippen LogP contribution is 2.32. The highest BCUT2D eigenvalue weighted by Gasteiger charge is 2.36. The number of carbonyl (C=O) groups is 4. The van der Waals surface area contributed by atoms with Crippen molar-refractivity contribution in [2.75, 3.05) is 11.9 Å². The van der Waals surface area contributed by atoms with Crippen molar-refractivity contribution < 1.29 is 24.3 Å². The van der Waals surface area contributed by atoms with Gasteiger partial charge in [0.25, 0.3) is 11.1 Å². The van der Waals surface area contributed by atoms with Gasteiger partial charge in [-0.3, -0.25) is 19.3 Å². The van der Waals surface area contributed by atoms with Gasteiger partial charge in [0, 0.05) is 10.2 Å². The molecular formula is C19H13BrN2O5S. The summed E-state index contributed by atoms with van der Waals surface area (Å²) in [4.78, 5) is 48.7. The molecule has 3 amide bonds. The van der Waals surface area contributed by atoms with Gasteiger partial charge in [0.15, 0.2) is 0 Å². The molecule has 7 nitrogen and oxygen atoms in total. The summed E-state index contributed by atoms with van der Waals surface area (Å²) >= 11 is 4.12. The monoisotopic (exact) mass is 460 g/mol. The summed E-state index contributed by atoms with van der Waals surface area (Å²) in [6.45, 7) is -0.429. The molecule has 0 radical (unpaired) electrons. The highest BCUT2D eigenvalue weighted by atomic mass is 79.9. The predicted octanol–water partition coefficient (Wildman–Crippen LogP) is 3.82. The van der Waals surface area contributed by atoms with Gasteiger partial charge in [0.2, 0.25) is 5.91 Å². The fourth-order valence-corrected chi connectivity index (χ4v) is 3.68. The first kappa shape index (κ1) is 19.8. The minimum atomic E-state index is -1.08. The number of thioether (sulfide) groups is 1. The number of carbonyl (C=O) groups excluding carboxylic acids is 3. The first-order chi connectivity index (χ1) is 13.3. The van der Waals surface area contributed by atoms with E-state index in [1.54, 1.807) is 12.1 Å². The maximum Gasteiger partial charge on any atom is 0.335 e. The third-order valence-corrected chi connectivity index (χ3v) is 5.14. The number of hydrogen-bond acceptors (Lipinski definition) is 5. The summed E-state index contributed by atoms with van der Waals surface area (Å²) in [5, 5.41) is 10.9. The van der Waals surface area contributed by atoms with E-state index in [9.17, 15) is 19.2 Å². The lowest BCUT2D eigenvalue weighted by atomic mass is 10.2. The molecule has 0 atom stereocenters. The van der Waals surface area contributed by atoms with Crippen molar-refractivity contribution in [3.8, 4) is 0 Å². The van der Waals surface area contributed by atoms with Gasteiger partial charge in [-0.1, -0.05) is 28.1 Å². The third kappa shape index (κ3) is 4.68. The first-order valence-corrected chi connectivity index (χ1v) is 9.58. The Morgan fingerprint density at radius 3 is 2.50 bits per heavy atom. The zero-order chi connectivity index (χ0) is 20.3. The zero-order valence-electron chi connectivity index (χ0n) is 14.2. The highest BCUT2D eigenvalue weighted by molar-refractivity contribution is 9.10. The Balaban J connectivity index is 1.66. The normalized spacial score (nSPS) is 15.2. The zero-order valence-corrected chi connectivity index (χ0v) is 16.6. The van der Waals surface area contributed by atoms with Crippen LogP contribution in [0.5, 0.6) is 0 Å². The van der Waals surface area contributed by atoms with Crippen LogP contribution >= 0.6 is 27.7 Å². The molecule has 2 aromatic carbocycles. The fraction of sp³-hybridized carbons (Fsp3) is 0.0526. The minimum absolute atomic E-state index is 0.0848. The van der Waals surface area contributed by atoms with E-state index in [4.69, 9.17) is 5.11 Å². The van der Waals surface area contributed by atoms with Crippen LogP contribution in [0.15, 0.2) is 57.9 Å². The SMILES string of the molecule is O=C(CN1C(=O)S/C(=C\c2cccc(Br)c2)C1=O)Nc1ccc(C(=O)O)cc1. The van der Waals surface area contributed by atoms with Crippen LogP contribution < -0.4 is 5.32 Å². The molecule has 2 aromatic rings. The van der Waals surface area contributed by atoms with Crippen LogP contribution in [0.1, 0.15) is 15.9 Å². The first-order valence-electron chi connectivity index (χ1n) is 7.97. The van der Waals surface area contributed by atoms with Gasteiger partial charge in [-0.25, -0.2) is 4.79 Å². The van der Waals surface area contributed by atoms with E-state index < -0.39 is 29.6 Å². The molecule has 1 saturated heterocycles. The van der Waals surface area contributed by atoms with E-state index in [1.807, 2.05) is 18.2 Å². The maximum atomic E-state index is 12.5. The molecule has 3 rings (SSSR count). The lowest BCUT2D eigenvalue weighted by molar-refractivity contribution is -0.127. The lowest BCUT2D eigenvalue weighted by Crippen LogP contribution is -2.36. The van der Waals surface area contributed by atoms with Gasteiger partial charge in [0.05, 0.1) is 10.5 Å². The summed E-state index contributed by atoms with van der Waals surface area (Å²) in [5.74, 6) is -2.17. The number of carboxylic acid groups (broad SMARTS) is 1. The number of amides is 3. The molecule has 0 aromatic heterocycles. The van der Waals surface area contributed by atoms with Crippen LogP contribution in [0.25, 0.3) is 6.08 Å². The average molecular weight is 461 g/mol. The van der Waals surface area contributed by atoms with Crippen LogP contribution in [0.4, 0.5) is 10.5 Å². The standard InChI is InChI=1S/C19H13BrN2O5S/c20-13-3-1-2-11(8-13)9-15-17(24)22(19(27)28-15)10-16(23)21-14-6-4-12(5-7-14)18(25)26/h1-9H,10H2,(H,21,23)(H,25,26)/b15-9-. The Kier molecular flexibility index (Phi) is 5.96. The van der Waals surface area contributed by atoms with Crippen LogP contribution in [-0.4, -0.2) is 39.6 Å². The molecular weight excluding hydrogens is 448 g/mol. The van der Waals surface area contributed by atoms with E-state index in [0.29, 0.717) is 5.69 Å². The van der Waals surface area contributed by atoms with Gasteiger partial charge in [-0.05, 0) is 59.8 Å². The molecule has 2 N–H and O–H groups in total. The van der Waals surface area contributed by atoms with Crippen molar-refractivity contribution in [2.24, 2.45) is 0 Å². The summed E-state index contributed by atoms with van der Waals surface area (Å²) in [7, 11) is 0. The second-order valence-electron chi connectivity index (χ2n) is 5.75. The number of anilines is 1. The summed E-state index contributed by atoms with van der Waals surface area (Å²) in [5.41, 5.74) is 1.20. The van der Waals surface area contributed by atoms with E-state index in [2.05, 4.69) is 21.2 Å². The predicted molar refractivity (Wildman–Crippen MR) is 109 cm³/mol. The van der Waals surface area contributed by atoms with Gasteiger partial charge in [-0.2, -0.15) is 0 Å². The number of nitrogens with one attached hydrogen (secondary N) is 1. The number of carboxylic acids is 1. The number of nitrogens with zero attached hydrogens (tertiary/aromatic N) is 1. The molecule has 0 aliphatic carbocycles. The Hall–Kier alpha value is -2.91. The van der Waals surface area contributed by atoms with Crippen LogP contribution in [-0.2, 0) is 9.59 Å². The smallest absolute Gasteiger partial charge is 0.335 e. The van der Waals surface area contributed by atoms with E-state index in [0.717, 1.165) is 26.7 Å². The molecule has 1 aliphatic rings. The molecule has 28 heavy (non-hydrogen) atoms. The quantitative estimate of drug-likeness (QED) is 0.657. The van der Waals surface area contributed by atoms with Crippen molar-refractivity contribution in [3.63, 3.8) is 0 Å². The average Bonchev–Trinajstić information content (AvgIpc) is 2.89. The second-order valence-corrected chi connectivity index (χ2v) is 7.66. The van der Waals surface area contributed by atoms with Gasteiger partial charge >= 0.3 is 5.97 Å². The fourth-order valence-electron chi connectivity index (χ4n) is 2.42. The largest absolute Gasteiger partial charge is 0.478 e. The van der Waals surface area contributed by atoms with E-state index >= 15 is 0 Å². The van der Waals surface area contributed by atoms with Crippen molar-refractivity contribution >= 4 is 62.5 Å². The summed E-state index contributed by atoms with van der Waals surface area (Å²) in [6, 6.07) is 12.8. The number of benzene rings is 2. The lowest BCUT2D eigenvalue weighted by Gasteiger charge is -2.12. The van der Waals surface area contributed by atoms with Crippen molar-refractivity contribution in [2.45, 2.75) is 0 Å². The van der Waals surface area contributed by atoms with Crippen LogP contribution in [0.2, 0.25) is 0 Å². The number of hydrogen-bond donors (Lipinski definition) is 2. The molecule has 1 aliphatic heterocycles. The van der Waals surface area contributed by atoms with Crippen LogP contribution in [0.3, 0.4) is 0 Å². The van der Waals surface area contributed by atoms with E-state index in [1.165, 1.54) is 24.3 Å². The molecule has 0 unspecified atom stereocenters. The molecule has 9 heteroatoms. The van der Waals surface area contributed by atoms with Crippen LogP contribution in [0, 0.1) is 0 Å². The van der Waals surface area contributed by atoms with Crippen molar-refractivity contribution in [1.82, 2.24) is 4.90 Å². The molecule has 0 spiro atoms. The Bertz CT molecular complexity index is 1000. The Morgan fingerprint density at radius 2 is 1.86 bits per heavy atom. The summed E-state index contributed by atoms with van der Waals surface area (Å²) in [6.07, 6.45) is 1.60. The van der Waals surface area contributed by atoms with Gasteiger partial charge in [0.1, 0.15) is 6.54 Å². The molecule has 0 saturated carbocycles. The number of halogens is 1. The third-order valence-electron chi connectivity index (χ3n) is 3.74. The topological polar surface area (TPSA) is 104 Å². The van der Waals surface area contributed by atoms with Crippen molar-refractivity contribution in [1.29, 1.82) is 0 Å². The molecule has 1 heterocycles. The molecule has 0 bridgehead atoms. The maximum absolute atomic E-state index is 12.5. The van der Waals surface area contributed by atoms with Gasteiger partial charge < -0.3 is 10.4 Å². The van der Waals surface area contributed by atoms with E-state index in [-0.39, 0.29) is 10.5 Å². The number of rotatable bonds is 5. The number of aromatic carboxylic acids is 1. The minimum Gasteiger partial charge on any atom is -0.478 e. The van der Waals surface area contributed by atoms with Gasteiger partial charge in [-0.15, -0.1) is 0 Å². The van der Waals surface area contributed by atoms with Crippen molar-refractivity contribution in [3.05, 3.63) is 69.0 Å². The molecule has 142 valence electrons. The summed E-state index contributed by atoms with van der Waals surface area (Å²) < 4.78 is 0.841. The Labute approximate surface area is 172 Å². The Morgan fingerprint density at radius 1 is 1.14 bits per heavy atom. The molecule has 1 fully saturated rings.